The largest absolute Gasteiger partial charge is 0.342 e. The van der Waals surface area contributed by atoms with E-state index in [1.165, 1.54) is 13.5 Å². The van der Waals surface area contributed by atoms with Gasteiger partial charge in [-0.1, -0.05) is 19.3 Å². The molecule has 1 aliphatic rings. The smallest absolute Gasteiger partial charge is 0.277 e. The number of hydrogen-bond donors (Lipinski definition) is 1. The third-order valence-electron chi connectivity index (χ3n) is 3.31. The van der Waals surface area contributed by atoms with Crippen LogP contribution >= 0.6 is 0 Å². The van der Waals surface area contributed by atoms with Crippen LogP contribution in [0.5, 0.6) is 0 Å². The average molecular weight is 263 g/mol. The van der Waals surface area contributed by atoms with Crippen LogP contribution in [-0.2, 0) is 15.0 Å². The molecule has 1 aliphatic carbocycles. The Balaban J connectivity index is 2.52. The van der Waals surface area contributed by atoms with Gasteiger partial charge in [0.05, 0.1) is 6.54 Å². The summed E-state index contributed by atoms with van der Waals surface area (Å²) in [7, 11) is -0.737. The predicted octanol–water partition coefficient (Wildman–Crippen LogP) is -0.0872. The van der Waals surface area contributed by atoms with Crippen LogP contribution in [0.2, 0.25) is 0 Å². The van der Waals surface area contributed by atoms with Crippen molar-refractivity contribution in [3.63, 3.8) is 0 Å². The maximum absolute atomic E-state index is 11.9. The molecule has 0 aromatic carbocycles. The van der Waals surface area contributed by atoms with Gasteiger partial charge in [-0.2, -0.15) is 12.7 Å². The lowest BCUT2D eigenvalue weighted by molar-refractivity contribution is -0.132. The van der Waals surface area contributed by atoms with Gasteiger partial charge in [0.2, 0.25) is 5.91 Å². The van der Waals surface area contributed by atoms with E-state index in [4.69, 9.17) is 5.14 Å². The van der Waals surface area contributed by atoms with E-state index in [-0.39, 0.29) is 18.5 Å². The first-order valence-electron chi connectivity index (χ1n) is 5.82. The van der Waals surface area contributed by atoms with Crippen LogP contribution in [0.15, 0.2) is 0 Å². The normalized spacial score (nSPS) is 18.4. The molecule has 7 heteroatoms. The fraction of sp³-hybridized carbons (Fsp3) is 0.900. The molecule has 6 nitrogen and oxygen atoms in total. The summed E-state index contributed by atoms with van der Waals surface area (Å²) in [4.78, 5) is 13.5. The Hall–Kier alpha value is -0.660. The molecule has 0 aromatic heterocycles. The zero-order valence-corrected chi connectivity index (χ0v) is 11.2. The Morgan fingerprint density at radius 1 is 1.24 bits per heavy atom. The zero-order valence-electron chi connectivity index (χ0n) is 10.4. The molecular weight excluding hydrogens is 242 g/mol. The van der Waals surface area contributed by atoms with E-state index < -0.39 is 10.2 Å². The molecule has 0 bridgehead atoms. The second-order valence-corrected chi connectivity index (χ2v) is 6.25. The van der Waals surface area contributed by atoms with Crippen LogP contribution in [0.1, 0.15) is 32.1 Å². The van der Waals surface area contributed by atoms with E-state index in [1.807, 2.05) is 0 Å². The lowest BCUT2D eigenvalue weighted by atomic mass is 9.94. The van der Waals surface area contributed by atoms with Crippen LogP contribution in [-0.4, -0.2) is 50.2 Å². The van der Waals surface area contributed by atoms with Crippen molar-refractivity contribution in [1.29, 1.82) is 0 Å². The summed E-state index contributed by atoms with van der Waals surface area (Å²) < 4.78 is 22.9. The van der Waals surface area contributed by atoms with Crippen molar-refractivity contribution in [1.82, 2.24) is 9.21 Å². The van der Waals surface area contributed by atoms with Crippen molar-refractivity contribution in [2.24, 2.45) is 5.14 Å². The quantitative estimate of drug-likeness (QED) is 0.769. The molecule has 0 saturated heterocycles. The molecule has 0 aliphatic heterocycles. The van der Waals surface area contributed by atoms with Crippen molar-refractivity contribution in [3.8, 4) is 0 Å². The Morgan fingerprint density at radius 3 is 2.24 bits per heavy atom. The molecule has 0 heterocycles. The summed E-state index contributed by atoms with van der Waals surface area (Å²) in [6.07, 6.45) is 5.49. The van der Waals surface area contributed by atoms with Crippen molar-refractivity contribution >= 4 is 16.1 Å². The van der Waals surface area contributed by atoms with Gasteiger partial charge in [0.25, 0.3) is 10.2 Å². The molecule has 2 N–H and O–H groups in total. The summed E-state index contributed by atoms with van der Waals surface area (Å²) in [6.45, 7) is -0.189. The zero-order chi connectivity index (χ0) is 13.1. The molecular formula is C10H21N3O3S. The highest BCUT2D eigenvalue weighted by Crippen LogP contribution is 2.21. The Bertz CT molecular complexity index is 363. The number of nitrogens with two attached hydrogens (primary N) is 1. The van der Waals surface area contributed by atoms with Gasteiger partial charge in [-0.25, -0.2) is 5.14 Å². The monoisotopic (exact) mass is 263 g/mol. The van der Waals surface area contributed by atoms with E-state index in [1.54, 1.807) is 11.9 Å². The van der Waals surface area contributed by atoms with Crippen LogP contribution < -0.4 is 5.14 Å². The number of amides is 1. The van der Waals surface area contributed by atoms with E-state index in [2.05, 4.69) is 0 Å². The van der Waals surface area contributed by atoms with Gasteiger partial charge in [-0.15, -0.1) is 0 Å². The highest BCUT2D eigenvalue weighted by Gasteiger charge is 2.24. The molecule has 0 spiro atoms. The number of nitrogens with zero attached hydrogens (tertiary/aromatic N) is 2. The van der Waals surface area contributed by atoms with E-state index >= 15 is 0 Å². The summed E-state index contributed by atoms with van der Waals surface area (Å²) >= 11 is 0. The first-order valence-corrected chi connectivity index (χ1v) is 7.32. The molecule has 1 amide bonds. The number of carbonyl (C=O) groups excluding carboxylic acids is 1. The minimum Gasteiger partial charge on any atom is -0.342 e. The van der Waals surface area contributed by atoms with Gasteiger partial charge in [-0.05, 0) is 12.8 Å². The van der Waals surface area contributed by atoms with E-state index in [0.717, 1.165) is 30.0 Å². The lowest BCUT2D eigenvalue weighted by Gasteiger charge is -2.32. The minimum atomic E-state index is -3.78. The molecule has 1 rings (SSSR count). The third kappa shape index (κ3) is 4.25. The van der Waals surface area contributed by atoms with Crippen LogP contribution in [0.25, 0.3) is 0 Å². The van der Waals surface area contributed by atoms with Gasteiger partial charge in [0, 0.05) is 20.1 Å². The average Bonchev–Trinajstić information content (AvgIpc) is 2.27. The summed E-state index contributed by atoms with van der Waals surface area (Å²) in [5.41, 5.74) is 0. The van der Waals surface area contributed by atoms with Gasteiger partial charge < -0.3 is 4.90 Å². The molecule has 17 heavy (non-hydrogen) atoms. The second kappa shape index (κ2) is 5.79. The molecule has 0 atom stereocenters. The molecule has 100 valence electrons. The van der Waals surface area contributed by atoms with Crippen molar-refractivity contribution in [2.45, 2.75) is 38.1 Å². The van der Waals surface area contributed by atoms with Crippen molar-refractivity contribution in [3.05, 3.63) is 0 Å². The summed E-state index contributed by atoms with van der Waals surface area (Å²) in [5, 5.41) is 4.93. The molecule has 1 saturated carbocycles. The second-order valence-electron chi connectivity index (χ2n) is 4.60. The topological polar surface area (TPSA) is 83.7 Å². The highest BCUT2D eigenvalue weighted by atomic mass is 32.2. The lowest BCUT2D eigenvalue weighted by Crippen LogP contribution is -2.45. The maximum Gasteiger partial charge on any atom is 0.277 e. The van der Waals surface area contributed by atoms with Gasteiger partial charge in [-0.3, -0.25) is 4.79 Å². The highest BCUT2D eigenvalue weighted by molar-refractivity contribution is 7.86. The first-order chi connectivity index (χ1) is 7.82. The van der Waals surface area contributed by atoms with E-state index in [9.17, 15) is 13.2 Å². The minimum absolute atomic E-state index is 0.189. The molecule has 1 fully saturated rings. The Labute approximate surface area is 103 Å². The van der Waals surface area contributed by atoms with Crippen molar-refractivity contribution in [2.75, 3.05) is 20.6 Å². The van der Waals surface area contributed by atoms with Crippen LogP contribution in [0.3, 0.4) is 0 Å². The van der Waals surface area contributed by atoms with Gasteiger partial charge >= 0.3 is 0 Å². The summed E-state index contributed by atoms with van der Waals surface area (Å²) in [5.74, 6) is -0.201. The number of likely N-dealkylation sites (N-methyl/N-ethyl adjacent to an activating group) is 2. The number of hydrogen-bond acceptors (Lipinski definition) is 3. The van der Waals surface area contributed by atoms with Crippen LogP contribution in [0, 0.1) is 0 Å². The third-order valence-corrected chi connectivity index (χ3v) is 4.31. The SMILES string of the molecule is CN(C(=O)CN(C)S(N)(=O)=O)C1CCCCC1. The Kier molecular flexibility index (Phi) is 4.91. The predicted molar refractivity (Wildman–Crippen MR) is 65.4 cm³/mol. The standard InChI is InChI=1S/C10H21N3O3S/c1-12(17(11,15)16)8-10(14)13(2)9-6-4-3-5-7-9/h9H,3-8H2,1-2H3,(H2,11,15,16). The maximum atomic E-state index is 11.9. The number of carbonyl (C=O) groups is 1. The molecule has 0 aromatic rings. The van der Waals surface area contributed by atoms with Crippen molar-refractivity contribution < 1.29 is 13.2 Å². The molecule has 0 radical (unpaired) electrons. The Morgan fingerprint density at radius 2 is 1.76 bits per heavy atom. The fourth-order valence-corrected chi connectivity index (χ4v) is 2.35. The molecule has 0 unspecified atom stereocenters. The van der Waals surface area contributed by atoms with E-state index in [0.29, 0.717) is 0 Å². The first kappa shape index (κ1) is 14.4. The summed E-state index contributed by atoms with van der Waals surface area (Å²) in [6, 6.07) is 0.241. The van der Waals surface area contributed by atoms with Gasteiger partial charge in [0.1, 0.15) is 0 Å². The number of rotatable bonds is 4. The fourth-order valence-electron chi connectivity index (χ4n) is 2.06. The van der Waals surface area contributed by atoms with Gasteiger partial charge in [0.15, 0.2) is 0 Å². The van der Waals surface area contributed by atoms with Crippen LogP contribution in [0.4, 0.5) is 0 Å².